The number of sulfonamides is 1. The van der Waals surface area contributed by atoms with Crippen LogP contribution in [-0.4, -0.2) is 54.7 Å². The van der Waals surface area contributed by atoms with E-state index in [1.165, 1.54) is 6.07 Å². The van der Waals surface area contributed by atoms with Gasteiger partial charge < -0.3 is 9.64 Å². The van der Waals surface area contributed by atoms with Gasteiger partial charge in [0.15, 0.2) is 5.75 Å². The second-order valence-electron chi connectivity index (χ2n) is 10.4. The number of hydrogen-bond acceptors (Lipinski definition) is 10. The van der Waals surface area contributed by atoms with E-state index in [1.807, 2.05) is 4.72 Å². The van der Waals surface area contributed by atoms with Gasteiger partial charge in [-0.2, -0.15) is 13.2 Å². The van der Waals surface area contributed by atoms with Crippen LogP contribution in [0.5, 0.6) is 0 Å². The number of fused-ring (bicyclic) bond motifs is 1. The van der Waals surface area contributed by atoms with Crippen LogP contribution >= 0.6 is 11.3 Å². The van der Waals surface area contributed by atoms with Crippen molar-refractivity contribution >= 4 is 49.5 Å². The highest BCUT2D eigenvalue weighted by Gasteiger charge is 2.36. The number of halogens is 3. The lowest BCUT2D eigenvalue weighted by atomic mass is 9.95. The van der Waals surface area contributed by atoms with Crippen molar-refractivity contribution in [1.29, 1.82) is 0 Å². The van der Waals surface area contributed by atoms with Crippen LogP contribution in [0.15, 0.2) is 22.4 Å². The number of alkyl halides is 3. The predicted molar refractivity (Wildman–Crippen MR) is 144 cm³/mol. The third-order valence-corrected chi connectivity index (χ3v) is 7.75. The van der Waals surface area contributed by atoms with E-state index in [2.05, 4.69) is 39.2 Å². The van der Waals surface area contributed by atoms with Crippen LogP contribution in [0.25, 0.3) is 0 Å². The molecular formula is C24H33F3N6O4S2. The van der Waals surface area contributed by atoms with E-state index in [0.717, 1.165) is 54.8 Å². The maximum Gasteiger partial charge on any atom is 0.404 e. The minimum absolute atomic E-state index is 0.00695. The lowest BCUT2D eigenvalue weighted by molar-refractivity contribution is -0.106. The average Bonchev–Trinajstić information content (AvgIpc) is 3.26. The highest BCUT2D eigenvalue weighted by Crippen LogP contribution is 2.40. The summed E-state index contributed by atoms with van der Waals surface area (Å²) in [5.74, 6) is -2.73. The molecule has 1 aliphatic heterocycles. The van der Waals surface area contributed by atoms with Gasteiger partial charge in [-0.25, -0.2) is 13.2 Å². The van der Waals surface area contributed by atoms with Gasteiger partial charge in [0.2, 0.25) is 15.0 Å². The zero-order chi connectivity index (χ0) is 29.0. The minimum atomic E-state index is -4.92. The number of unbranched alkanes of at least 4 members (excludes halogenated alkanes) is 2. The first kappa shape index (κ1) is 30.7. The number of hydrogen-bond donors (Lipinski definition) is 1. The molecule has 1 N–H and O–H groups in total. The minimum Gasteiger partial charge on any atom is -0.455 e. The van der Waals surface area contributed by atoms with Crippen LogP contribution in [0.1, 0.15) is 75.7 Å². The smallest absolute Gasteiger partial charge is 0.404 e. The summed E-state index contributed by atoms with van der Waals surface area (Å²) in [6, 6.07) is 3.32. The molecule has 2 aromatic rings. The second-order valence-corrected chi connectivity index (χ2v) is 13.0. The van der Waals surface area contributed by atoms with E-state index in [9.17, 15) is 26.4 Å². The molecule has 1 atom stereocenters. The Kier molecular flexibility index (Phi) is 9.57. The maximum absolute atomic E-state index is 12.9. The molecule has 15 heteroatoms. The first-order valence-electron chi connectivity index (χ1n) is 12.6. The van der Waals surface area contributed by atoms with Crippen molar-refractivity contribution in [2.45, 2.75) is 84.5 Å². The molecule has 39 heavy (non-hydrogen) atoms. The standard InChI is InChI=1S/C24H33F3N6O4S2/c1-6-7-8-11-33-15(2)9-10-16-12-17(18(13-19(16)33)32-39(35,36)14-24(25,26)27)28-30-22-31-29-20(38-22)21(34)37-23(3,4)5/h12-13,15,32H,6-11,14H2,1-5H3. The summed E-state index contributed by atoms with van der Waals surface area (Å²) in [6.45, 7) is 10.00. The number of rotatable bonds is 10. The number of carbonyl (C=O) groups excluding carboxylic acids is 1. The average molecular weight is 591 g/mol. The molecule has 0 aliphatic carbocycles. The predicted octanol–water partition coefficient (Wildman–Crippen LogP) is 6.54. The Bertz CT molecular complexity index is 1310. The van der Waals surface area contributed by atoms with Crippen molar-refractivity contribution in [2.24, 2.45) is 10.2 Å². The zero-order valence-electron chi connectivity index (χ0n) is 22.5. The van der Waals surface area contributed by atoms with Crippen LogP contribution in [0.2, 0.25) is 0 Å². The highest BCUT2D eigenvalue weighted by molar-refractivity contribution is 7.92. The molecule has 3 rings (SSSR count). The van der Waals surface area contributed by atoms with E-state index in [0.29, 0.717) is 6.42 Å². The summed E-state index contributed by atoms with van der Waals surface area (Å²) >= 11 is 0.816. The van der Waals surface area contributed by atoms with E-state index >= 15 is 0 Å². The van der Waals surface area contributed by atoms with Crippen molar-refractivity contribution in [3.05, 3.63) is 22.7 Å². The fourth-order valence-electron chi connectivity index (χ4n) is 4.06. The number of esters is 1. The van der Waals surface area contributed by atoms with E-state index in [4.69, 9.17) is 4.74 Å². The van der Waals surface area contributed by atoms with Crippen LogP contribution in [0, 0.1) is 0 Å². The molecule has 10 nitrogen and oxygen atoms in total. The Morgan fingerprint density at radius 2 is 1.92 bits per heavy atom. The van der Waals surface area contributed by atoms with E-state index < -0.39 is 33.5 Å². The van der Waals surface area contributed by atoms with Crippen molar-refractivity contribution < 1.29 is 31.1 Å². The largest absolute Gasteiger partial charge is 0.455 e. The Labute approximate surface area is 230 Å². The van der Waals surface area contributed by atoms with E-state index in [-0.39, 0.29) is 27.6 Å². The molecular weight excluding hydrogens is 557 g/mol. The lowest BCUT2D eigenvalue weighted by Gasteiger charge is -2.37. The summed E-state index contributed by atoms with van der Waals surface area (Å²) in [5.41, 5.74) is 0.781. The van der Waals surface area contributed by atoms with Gasteiger partial charge in [0, 0.05) is 18.3 Å². The molecule has 0 saturated carbocycles. The number of aryl methyl sites for hydroxylation is 1. The van der Waals surface area contributed by atoms with Crippen LogP contribution in [-0.2, 0) is 21.2 Å². The summed E-state index contributed by atoms with van der Waals surface area (Å²) in [5, 5.41) is 15.6. The molecule has 216 valence electrons. The number of anilines is 2. The van der Waals surface area contributed by atoms with Gasteiger partial charge in [-0.15, -0.1) is 20.4 Å². The number of carbonyl (C=O) groups is 1. The summed E-state index contributed by atoms with van der Waals surface area (Å²) in [7, 11) is -4.78. The number of ether oxygens (including phenoxy) is 1. The van der Waals surface area contributed by atoms with Gasteiger partial charge in [-0.1, -0.05) is 31.1 Å². The fraction of sp³-hybridized carbons (Fsp3) is 0.625. The third-order valence-electron chi connectivity index (χ3n) is 5.72. The monoisotopic (exact) mass is 590 g/mol. The van der Waals surface area contributed by atoms with Gasteiger partial charge >= 0.3 is 12.1 Å². The van der Waals surface area contributed by atoms with Gasteiger partial charge in [0.25, 0.3) is 5.13 Å². The zero-order valence-corrected chi connectivity index (χ0v) is 24.1. The molecule has 0 radical (unpaired) electrons. The molecule has 0 spiro atoms. The topological polar surface area (TPSA) is 126 Å². The van der Waals surface area contributed by atoms with Crippen LogP contribution < -0.4 is 9.62 Å². The Morgan fingerprint density at radius 1 is 1.21 bits per heavy atom. The number of aromatic nitrogens is 2. The van der Waals surface area contributed by atoms with Crippen LogP contribution in [0.4, 0.5) is 35.4 Å². The second kappa shape index (κ2) is 12.1. The van der Waals surface area contributed by atoms with Crippen LogP contribution in [0.3, 0.4) is 0 Å². The van der Waals surface area contributed by atoms with Crippen molar-refractivity contribution in [3.63, 3.8) is 0 Å². The molecule has 0 amide bonds. The Morgan fingerprint density at radius 3 is 2.56 bits per heavy atom. The maximum atomic E-state index is 12.9. The molecule has 1 aromatic heterocycles. The Hall–Kier alpha value is -2.81. The first-order valence-corrected chi connectivity index (χ1v) is 15.0. The lowest BCUT2D eigenvalue weighted by Crippen LogP contribution is -2.38. The number of nitrogens with one attached hydrogen (secondary N) is 1. The van der Waals surface area contributed by atoms with Crippen molar-refractivity contribution in [2.75, 3.05) is 21.9 Å². The fourth-order valence-corrected chi connectivity index (χ4v) is 5.60. The first-order chi connectivity index (χ1) is 18.1. The summed E-state index contributed by atoms with van der Waals surface area (Å²) in [4.78, 5) is 14.4. The number of benzene rings is 1. The molecule has 0 bridgehead atoms. The molecule has 0 saturated heterocycles. The van der Waals surface area contributed by atoms with Gasteiger partial charge in [-0.05, 0) is 64.7 Å². The highest BCUT2D eigenvalue weighted by atomic mass is 32.2. The third kappa shape index (κ3) is 9.12. The van der Waals surface area contributed by atoms with Gasteiger partial charge in [-0.3, -0.25) is 4.72 Å². The normalized spacial score (nSPS) is 16.4. The summed E-state index contributed by atoms with van der Waals surface area (Å²) in [6.07, 6.45) is -0.423. The molecule has 1 aromatic carbocycles. The van der Waals surface area contributed by atoms with E-state index in [1.54, 1.807) is 26.8 Å². The summed E-state index contributed by atoms with van der Waals surface area (Å²) < 4.78 is 70.8. The molecule has 1 aliphatic rings. The van der Waals surface area contributed by atoms with Gasteiger partial charge in [0.05, 0.1) is 5.69 Å². The Balaban J connectivity index is 1.98. The quantitative estimate of drug-likeness (QED) is 0.189. The van der Waals surface area contributed by atoms with Crippen molar-refractivity contribution in [1.82, 2.24) is 10.2 Å². The van der Waals surface area contributed by atoms with Gasteiger partial charge in [0.1, 0.15) is 11.3 Å². The SMILES string of the molecule is CCCCCN1c2cc(NS(=O)(=O)CC(F)(F)F)c(N=Nc3nnc(C(=O)OC(C)(C)C)s3)cc2CCC1C. The molecule has 2 heterocycles. The van der Waals surface area contributed by atoms with Crippen molar-refractivity contribution in [3.8, 4) is 0 Å². The molecule has 1 unspecified atom stereocenters. The number of azo groups is 1. The number of nitrogens with zero attached hydrogens (tertiary/aromatic N) is 5. The molecule has 0 fully saturated rings.